The molecule has 0 aliphatic carbocycles. The van der Waals surface area contributed by atoms with Crippen LogP contribution in [-0.2, 0) is 0 Å². The number of aromatic hydroxyl groups is 1. The van der Waals surface area contributed by atoms with E-state index in [2.05, 4.69) is 0 Å². The molecule has 0 bridgehead atoms. The molecule has 0 saturated carbocycles. The molecule has 0 amide bonds. The number of rotatable bonds is 3. The van der Waals surface area contributed by atoms with Crippen molar-refractivity contribution in [1.29, 1.82) is 0 Å². The number of non-ortho nitro benzene ring substituents is 1. The van der Waals surface area contributed by atoms with Gasteiger partial charge in [0.25, 0.3) is 11.4 Å². The minimum atomic E-state index is -0.683. The molecule has 0 aliphatic rings. The number of benzene rings is 2. The Morgan fingerprint density at radius 1 is 1.00 bits per heavy atom. The van der Waals surface area contributed by atoms with Gasteiger partial charge in [-0.05, 0) is 46.4 Å². The Morgan fingerprint density at radius 3 is 2.25 bits per heavy atom. The molecule has 0 fully saturated rings. The molecular formula is C12H7IN2O5. The molecule has 0 spiro atoms. The highest BCUT2D eigenvalue weighted by Crippen LogP contribution is 2.35. The van der Waals surface area contributed by atoms with Gasteiger partial charge in [0.1, 0.15) is 5.75 Å². The Balaban J connectivity index is 2.63. The second-order valence-electron chi connectivity index (χ2n) is 3.88. The number of hydrogen-bond acceptors (Lipinski definition) is 5. The van der Waals surface area contributed by atoms with Crippen LogP contribution in [0.25, 0.3) is 11.1 Å². The van der Waals surface area contributed by atoms with Crippen molar-refractivity contribution >= 4 is 34.0 Å². The molecule has 0 aromatic heterocycles. The minimum Gasteiger partial charge on any atom is -0.507 e. The van der Waals surface area contributed by atoms with Gasteiger partial charge in [0.15, 0.2) is 0 Å². The molecule has 0 aliphatic heterocycles. The summed E-state index contributed by atoms with van der Waals surface area (Å²) in [6, 6.07) is 7.98. The van der Waals surface area contributed by atoms with E-state index in [1.807, 2.05) is 22.6 Å². The first-order valence-electron chi connectivity index (χ1n) is 5.32. The van der Waals surface area contributed by atoms with E-state index in [0.717, 1.165) is 6.07 Å². The molecule has 7 nitrogen and oxygen atoms in total. The molecule has 0 unspecified atom stereocenters. The summed E-state index contributed by atoms with van der Waals surface area (Å²) in [5.74, 6) is 0.0684. The summed E-state index contributed by atoms with van der Waals surface area (Å²) in [7, 11) is 0. The number of phenols is 1. The number of nitrogens with zero attached hydrogens (tertiary/aromatic N) is 2. The Bertz CT molecular complexity index is 717. The fraction of sp³-hybridized carbons (Fsp3) is 0. The minimum absolute atomic E-state index is 0.0684. The predicted molar refractivity (Wildman–Crippen MR) is 79.6 cm³/mol. The van der Waals surface area contributed by atoms with Gasteiger partial charge in [0.2, 0.25) is 0 Å². The predicted octanol–water partition coefficient (Wildman–Crippen LogP) is 3.48. The zero-order chi connectivity index (χ0) is 14.9. The fourth-order valence-corrected chi connectivity index (χ4v) is 2.22. The van der Waals surface area contributed by atoms with E-state index in [4.69, 9.17) is 0 Å². The highest BCUT2D eigenvalue weighted by atomic mass is 127. The molecule has 2 rings (SSSR count). The maximum Gasteiger partial charge on any atom is 0.284 e. The van der Waals surface area contributed by atoms with Gasteiger partial charge >= 0.3 is 0 Å². The standard InChI is InChI=1S/C12H7IN2O5/c13-10-5-7(1-4-12(10)16)9-3-2-8(14(17)18)6-11(9)15(19)20/h1-6,16H. The second-order valence-corrected chi connectivity index (χ2v) is 5.04. The van der Waals surface area contributed by atoms with Gasteiger partial charge in [-0.2, -0.15) is 0 Å². The zero-order valence-corrected chi connectivity index (χ0v) is 12.0. The molecule has 2 aromatic carbocycles. The van der Waals surface area contributed by atoms with Crippen molar-refractivity contribution in [3.05, 3.63) is 60.2 Å². The average molecular weight is 386 g/mol. The van der Waals surface area contributed by atoms with Crippen LogP contribution in [0.3, 0.4) is 0 Å². The number of hydrogen-bond donors (Lipinski definition) is 1. The summed E-state index contributed by atoms with van der Waals surface area (Å²) in [5, 5.41) is 31.2. The van der Waals surface area contributed by atoms with Crippen molar-refractivity contribution in [2.75, 3.05) is 0 Å². The van der Waals surface area contributed by atoms with Crippen LogP contribution in [0, 0.1) is 23.8 Å². The van der Waals surface area contributed by atoms with Crippen LogP contribution in [0.4, 0.5) is 11.4 Å². The molecule has 1 N–H and O–H groups in total. The third-order valence-corrected chi connectivity index (χ3v) is 3.51. The summed E-state index contributed by atoms with van der Waals surface area (Å²) < 4.78 is 0.535. The second kappa shape index (κ2) is 5.41. The normalized spacial score (nSPS) is 10.2. The molecule has 0 atom stereocenters. The van der Waals surface area contributed by atoms with Gasteiger partial charge in [-0.3, -0.25) is 20.2 Å². The molecule has 2 aromatic rings. The van der Waals surface area contributed by atoms with Crippen molar-refractivity contribution < 1.29 is 15.0 Å². The van der Waals surface area contributed by atoms with Gasteiger partial charge in [0, 0.05) is 6.07 Å². The highest BCUT2D eigenvalue weighted by molar-refractivity contribution is 14.1. The van der Waals surface area contributed by atoms with Crippen LogP contribution < -0.4 is 0 Å². The molecule has 0 saturated heterocycles. The maximum absolute atomic E-state index is 11.1. The smallest absolute Gasteiger partial charge is 0.284 e. The first kappa shape index (κ1) is 14.2. The largest absolute Gasteiger partial charge is 0.507 e. The molecular weight excluding hydrogens is 379 g/mol. The Kier molecular flexibility index (Phi) is 3.84. The summed E-state index contributed by atoms with van der Waals surface area (Å²) in [6.45, 7) is 0. The van der Waals surface area contributed by atoms with Crippen molar-refractivity contribution in [3.8, 4) is 16.9 Å². The SMILES string of the molecule is O=[N+]([O-])c1ccc(-c2ccc(O)c(I)c2)c([N+](=O)[O-])c1. The van der Waals surface area contributed by atoms with E-state index in [1.54, 1.807) is 6.07 Å². The van der Waals surface area contributed by atoms with Gasteiger partial charge in [0.05, 0.1) is 25.0 Å². The van der Waals surface area contributed by atoms with Gasteiger partial charge in [-0.15, -0.1) is 0 Å². The van der Waals surface area contributed by atoms with E-state index >= 15 is 0 Å². The Morgan fingerprint density at radius 2 is 1.70 bits per heavy atom. The van der Waals surface area contributed by atoms with E-state index in [0.29, 0.717) is 9.13 Å². The van der Waals surface area contributed by atoms with Gasteiger partial charge in [-0.25, -0.2) is 0 Å². The molecule has 8 heteroatoms. The quantitative estimate of drug-likeness (QED) is 0.494. The fourth-order valence-electron chi connectivity index (χ4n) is 1.70. The molecule has 0 radical (unpaired) electrons. The lowest BCUT2D eigenvalue weighted by molar-refractivity contribution is -0.393. The van der Waals surface area contributed by atoms with Crippen LogP contribution in [0.15, 0.2) is 36.4 Å². The zero-order valence-electron chi connectivity index (χ0n) is 9.82. The van der Waals surface area contributed by atoms with Crippen molar-refractivity contribution in [2.24, 2.45) is 0 Å². The maximum atomic E-state index is 11.1. The lowest BCUT2D eigenvalue weighted by Crippen LogP contribution is -1.95. The topological polar surface area (TPSA) is 107 Å². The lowest BCUT2D eigenvalue weighted by atomic mass is 10.0. The van der Waals surface area contributed by atoms with E-state index in [-0.39, 0.29) is 22.7 Å². The van der Waals surface area contributed by atoms with E-state index < -0.39 is 9.85 Å². The monoisotopic (exact) mass is 386 g/mol. The van der Waals surface area contributed by atoms with Crippen LogP contribution in [0.2, 0.25) is 0 Å². The molecule has 0 heterocycles. The first-order valence-corrected chi connectivity index (χ1v) is 6.39. The summed E-state index contributed by atoms with van der Waals surface area (Å²) in [4.78, 5) is 20.4. The summed E-state index contributed by atoms with van der Waals surface area (Å²) >= 11 is 1.90. The number of nitro benzene ring substituents is 2. The molecule has 20 heavy (non-hydrogen) atoms. The van der Waals surface area contributed by atoms with Crippen LogP contribution in [0.1, 0.15) is 0 Å². The highest BCUT2D eigenvalue weighted by Gasteiger charge is 2.20. The lowest BCUT2D eigenvalue weighted by Gasteiger charge is -2.05. The Labute approximate surface area is 126 Å². The third-order valence-electron chi connectivity index (χ3n) is 2.65. The van der Waals surface area contributed by atoms with Crippen molar-refractivity contribution in [1.82, 2.24) is 0 Å². The van der Waals surface area contributed by atoms with Crippen LogP contribution >= 0.6 is 22.6 Å². The van der Waals surface area contributed by atoms with Crippen LogP contribution in [0.5, 0.6) is 5.75 Å². The van der Waals surface area contributed by atoms with E-state index in [1.165, 1.54) is 24.3 Å². The number of halogens is 1. The molecule has 102 valence electrons. The third kappa shape index (κ3) is 2.69. The summed E-state index contributed by atoms with van der Waals surface area (Å²) in [5.41, 5.74) is 0.0851. The van der Waals surface area contributed by atoms with Gasteiger partial charge in [-0.1, -0.05) is 6.07 Å². The van der Waals surface area contributed by atoms with Crippen LogP contribution in [-0.4, -0.2) is 15.0 Å². The van der Waals surface area contributed by atoms with E-state index in [9.17, 15) is 25.3 Å². The first-order chi connectivity index (χ1) is 9.40. The van der Waals surface area contributed by atoms with Gasteiger partial charge < -0.3 is 5.11 Å². The Hall–Kier alpha value is -2.23. The van der Waals surface area contributed by atoms with Crippen molar-refractivity contribution in [2.45, 2.75) is 0 Å². The number of phenolic OH excluding ortho intramolecular Hbond substituents is 1. The number of nitro groups is 2. The average Bonchev–Trinajstić information content (AvgIpc) is 2.41. The summed E-state index contributed by atoms with van der Waals surface area (Å²) in [6.07, 6.45) is 0. The van der Waals surface area contributed by atoms with Crippen molar-refractivity contribution in [3.63, 3.8) is 0 Å².